The summed E-state index contributed by atoms with van der Waals surface area (Å²) in [7, 11) is 0. The van der Waals surface area contributed by atoms with Crippen LogP contribution in [0.2, 0.25) is 0 Å². The molecule has 0 aliphatic carbocycles. The van der Waals surface area contributed by atoms with Crippen LogP contribution >= 0.6 is 12.6 Å². The molecule has 88 valence electrons. The average molecular weight is 238 g/mol. The summed E-state index contributed by atoms with van der Waals surface area (Å²) in [5.74, 6) is 0.172. The van der Waals surface area contributed by atoms with Crippen molar-refractivity contribution in [3.05, 3.63) is 35.4 Å². The number of nitrogens with one attached hydrogen (secondary N) is 1. The lowest BCUT2D eigenvalue weighted by Gasteiger charge is -2.07. The Morgan fingerprint density at radius 3 is 2.44 bits per heavy atom. The van der Waals surface area contributed by atoms with Crippen molar-refractivity contribution in [3.8, 4) is 0 Å². The van der Waals surface area contributed by atoms with E-state index in [0.717, 1.165) is 12.0 Å². The lowest BCUT2D eigenvalue weighted by Crippen LogP contribution is -2.23. The van der Waals surface area contributed by atoms with Gasteiger partial charge >= 0.3 is 0 Å². The quantitative estimate of drug-likeness (QED) is 0.673. The van der Waals surface area contributed by atoms with Crippen LogP contribution in [-0.4, -0.2) is 17.7 Å². The lowest BCUT2D eigenvalue weighted by molar-refractivity contribution is -0.118. The van der Waals surface area contributed by atoms with Gasteiger partial charge in [0.05, 0.1) is 5.75 Å². The molecule has 0 saturated carbocycles. The van der Waals surface area contributed by atoms with Gasteiger partial charge in [-0.05, 0) is 24.5 Å². The molecule has 1 aromatic carbocycles. The zero-order chi connectivity index (χ0) is 12.0. The number of hydrogen-bond donors (Lipinski definition) is 3. The number of carbonyl (C=O) groups is 1. The smallest absolute Gasteiger partial charge is 0.229 e. The molecule has 1 aromatic rings. The first-order valence-electron chi connectivity index (χ1n) is 5.32. The van der Waals surface area contributed by atoms with E-state index in [1.54, 1.807) is 0 Å². The van der Waals surface area contributed by atoms with Crippen molar-refractivity contribution in [1.29, 1.82) is 0 Å². The molecule has 0 aliphatic rings. The highest BCUT2D eigenvalue weighted by molar-refractivity contribution is 7.81. The molecule has 0 fully saturated rings. The monoisotopic (exact) mass is 238 g/mol. The molecule has 0 bridgehead atoms. The van der Waals surface area contributed by atoms with Crippen molar-refractivity contribution < 1.29 is 4.79 Å². The summed E-state index contributed by atoms with van der Waals surface area (Å²) in [6, 6.07) is 8.29. The maximum Gasteiger partial charge on any atom is 0.229 e. The highest BCUT2D eigenvalue weighted by atomic mass is 32.1. The highest BCUT2D eigenvalue weighted by Crippen LogP contribution is 2.06. The molecule has 4 heteroatoms. The number of carbonyl (C=O) groups excluding carboxylic acids is 1. The van der Waals surface area contributed by atoms with Crippen LogP contribution in [0.25, 0.3) is 0 Å². The summed E-state index contributed by atoms with van der Waals surface area (Å²) in [5, 5.41) is 2.77. The molecule has 0 aliphatic heterocycles. The molecule has 0 aromatic heterocycles. The Labute approximate surface area is 102 Å². The number of thiol groups is 1. The molecule has 1 amide bonds. The van der Waals surface area contributed by atoms with Crippen LogP contribution in [0.3, 0.4) is 0 Å². The second kappa shape index (κ2) is 6.55. The summed E-state index contributed by atoms with van der Waals surface area (Å²) in [6.45, 7) is 2.54. The van der Waals surface area contributed by atoms with Crippen molar-refractivity contribution in [3.63, 3.8) is 0 Å². The number of hydrogen-bond acceptors (Lipinski definition) is 3. The van der Waals surface area contributed by atoms with Gasteiger partial charge in [-0.1, -0.05) is 24.3 Å². The first kappa shape index (κ1) is 13.1. The first-order valence-corrected chi connectivity index (χ1v) is 5.96. The SMILES string of the molecule is C[C@@H](N)Cc1ccc(CNC(=O)CS)cc1. The van der Waals surface area contributed by atoms with Gasteiger partial charge in [-0.2, -0.15) is 12.6 Å². The fourth-order valence-electron chi connectivity index (χ4n) is 1.42. The van der Waals surface area contributed by atoms with Crippen LogP contribution in [-0.2, 0) is 17.8 Å². The molecular formula is C12H18N2OS. The van der Waals surface area contributed by atoms with E-state index in [1.807, 2.05) is 31.2 Å². The third-order valence-corrected chi connectivity index (χ3v) is 2.50. The first-order chi connectivity index (χ1) is 7.61. The van der Waals surface area contributed by atoms with Crippen LogP contribution in [0.4, 0.5) is 0 Å². The van der Waals surface area contributed by atoms with Gasteiger partial charge in [0.15, 0.2) is 0 Å². The normalized spacial score (nSPS) is 12.2. The minimum Gasteiger partial charge on any atom is -0.351 e. The van der Waals surface area contributed by atoms with E-state index in [1.165, 1.54) is 5.56 Å². The Kier molecular flexibility index (Phi) is 5.35. The summed E-state index contributed by atoms with van der Waals surface area (Å²) in [5.41, 5.74) is 8.02. The molecule has 16 heavy (non-hydrogen) atoms. The molecular weight excluding hydrogens is 220 g/mol. The number of benzene rings is 1. The van der Waals surface area contributed by atoms with Crippen LogP contribution in [0, 0.1) is 0 Å². The van der Waals surface area contributed by atoms with Crippen LogP contribution in [0.5, 0.6) is 0 Å². The second-order valence-electron chi connectivity index (χ2n) is 3.93. The number of amides is 1. The number of rotatable bonds is 5. The molecule has 1 rings (SSSR count). The highest BCUT2D eigenvalue weighted by Gasteiger charge is 2.00. The fourth-order valence-corrected chi connectivity index (χ4v) is 1.53. The lowest BCUT2D eigenvalue weighted by atomic mass is 10.1. The van der Waals surface area contributed by atoms with Gasteiger partial charge in [-0.3, -0.25) is 4.79 Å². The maximum atomic E-state index is 11.0. The van der Waals surface area contributed by atoms with Gasteiger partial charge < -0.3 is 11.1 Å². The summed E-state index contributed by atoms with van der Waals surface area (Å²) in [4.78, 5) is 11.0. The van der Waals surface area contributed by atoms with E-state index < -0.39 is 0 Å². The predicted molar refractivity (Wildman–Crippen MR) is 69.5 cm³/mol. The van der Waals surface area contributed by atoms with Gasteiger partial charge in [0.25, 0.3) is 0 Å². The standard InChI is InChI=1S/C12H18N2OS/c1-9(13)6-10-2-4-11(5-3-10)7-14-12(15)8-16/h2-5,9,16H,6-8,13H2,1H3,(H,14,15)/t9-/m1/s1. The van der Waals surface area contributed by atoms with Gasteiger partial charge in [-0.15, -0.1) is 0 Å². The average Bonchev–Trinajstić information content (AvgIpc) is 2.27. The van der Waals surface area contributed by atoms with Gasteiger partial charge in [0, 0.05) is 12.6 Å². The molecule has 0 radical (unpaired) electrons. The van der Waals surface area contributed by atoms with E-state index in [0.29, 0.717) is 6.54 Å². The van der Waals surface area contributed by atoms with Crippen LogP contribution in [0.15, 0.2) is 24.3 Å². The van der Waals surface area contributed by atoms with Crippen molar-refractivity contribution >= 4 is 18.5 Å². The molecule has 1 atom stereocenters. The summed E-state index contributed by atoms with van der Waals surface area (Å²) in [6.07, 6.45) is 0.878. The van der Waals surface area contributed by atoms with E-state index in [-0.39, 0.29) is 17.7 Å². The zero-order valence-electron chi connectivity index (χ0n) is 9.44. The van der Waals surface area contributed by atoms with Gasteiger partial charge in [-0.25, -0.2) is 0 Å². The molecule has 0 unspecified atom stereocenters. The largest absolute Gasteiger partial charge is 0.351 e. The fraction of sp³-hybridized carbons (Fsp3) is 0.417. The van der Waals surface area contributed by atoms with Crippen LogP contribution in [0.1, 0.15) is 18.1 Å². The van der Waals surface area contributed by atoms with Crippen molar-refractivity contribution in [1.82, 2.24) is 5.32 Å². The Morgan fingerprint density at radius 1 is 1.38 bits per heavy atom. The minimum atomic E-state index is -0.0528. The summed E-state index contributed by atoms with van der Waals surface area (Å²) < 4.78 is 0. The Balaban J connectivity index is 2.48. The zero-order valence-corrected chi connectivity index (χ0v) is 10.3. The minimum absolute atomic E-state index is 0.0528. The van der Waals surface area contributed by atoms with Gasteiger partial charge in [0.2, 0.25) is 5.91 Å². The Bertz CT molecular complexity index is 335. The second-order valence-corrected chi connectivity index (χ2v) is 4.25. The van der Waals surface area contributed by atoms with E-state index >= 15 is 0 Å². The topological polar surface area (TPSA) is 55.1 Å². The molecule has 3 N–H and O–H groups in total. The number of nitrogens with two attached hydrogens (primary N) is 1. The Hall–Kier alpha value is -1.00. The predicted octanol–water partition coefficient (Wildman–Crippen LogP) is 1.12. The van der Waals surface area contributed by atoms with Crippen LogP contribution < -0.4 is 11.1 Å². The van der Waals surface area contributed by atoms with Crippen molar-refractivity contribution in [2.45, 2.75) is 25.9 Å². The van der Waals surface area contributed by atoms with E-state index in [4.69, 9.17) is 5.73 Å². The van der Waals surface area contributed by atoms with E-state index in [2.05, 4.69) is 17.9 Å². The molecule has 0 heterocycles. The molecule has 0 spiro atoms. The summed E-state index contributed by atoms with van der Waals surface area (Å²) >= 11 is 3.89. The molecule has 3 nitrogen and oxygen atoms in total. The van der Waals surface area contributed by atoms with Gasteiger partial charge in [0.1, 0.15) is 0 Å². The third kappa shape index (κ3) is 4.68. The molecule has 0 saturated heterocycles. The van der Waals surface area contributed by atoms with Crippen molar-refractivity contribution in [2.75, 3.05) is 5.75 Å². The Morgan fingerprint density at radius 2 is 1.94 bits per heavy atom. The van der Waals surface area contributed by atoms with E-state index in [9.17, 15) is 4.79 Å². The maximum absolute atomic E-state index is 11.0. The van der Waals surface area contributed by atoms with Crippen molar-refractivity contribution in [2.24, 2.45) is 5.73 Å². The third-order valence-electron chi connectivity index (χ3n) is 2.21.